The molecule has 0 atom stereocenters. The molecule has 0 fully saturated rings. The first-order valence-corrected chi connectivity index (χ1v) is 10.4. The Kier molecular flexibility index (Phi) is 5.62. The Bertz CT molecular complexity index is 1440. The summed E-state index contributed by atoms with van der Waals surface area (Å²) in [6.07, 6.45) is -4.68. The molecule has 2 aromatic carbocycles. The third kappa shape index (κ3) is 4.43. The molecule has 0 saturated heterocycles. The molecule has 0 aliphatic carbocycles. The molecular formula is C23H14F3N5OS. The van der Waals surface area contributed by atoms with Gasteiger partial charge in [-0.05, 0) is 66.8 Å². The minimum atomic E-state index is -4.68. The Morgan fingerprint density at radius 3 is 2.30 bits per heavy atom. The van der Waals surface area contributed by atoms with Crippen molar-refractivity contribution >= 4 is 33.2 Å². The van der Waals surface area contributed by atoms with Crippen molar-refractivity contribution in [1.29, 1.82) is 10.5 Å². The highest BCUT2D eigenvalue weighted by atomic mass is 32.1. The molecule has 4 rings (SSSR count). The van der Waals surface area contributed by atoms with E-state index in [1.54, 1.807) is 43.5 Å². The molecule has 2 aromatic heterocycles. The van der Waals surface area contributed by atoms with Crippen LogP contribution in [0.4, 0.5) is 24.8 Å². The second kappa shape index (κ2) is 8.41. The van der Waals surface area contributed by atoms with Crippen LogP contribution < -0.4 is 10.1 Å². The van der Waals surface area contributed by atoms with E-state index in [1.165, 1.54) is 17.4 Å². The maximum atomic E-state index is 13.6. The van der Waals surface area contributed by atoms with E-state index in [1.807, 2.05) is 0 Å². The lowest BCUT2D eigenvalue weighted by molar-refractivity contribution is -0.136. The van der Waals surface area contributed by atoms with E-state index in [2.05, 4.69) is 21.4 Å². The van der Waals surface area contributed by atoms with E-state index < -0.39 is 11.7 Å². The zero-order valence-corrected chi connectivity index (χ0v) is 18.1. The lowest BCUT2D eigenvalue weighted by Gasteiger charge is -2.15. The van der Waals surface area contributed by atoms with Gasteiger partial charge in [-0.15, -0.1) is 11.3 Å². The Hall–Kier alpha value is -4.15. The zero-order valence-electron chi connectivity index (χ0n) is 17.3. The number of aryl methyl sites for hydroxylation is 2. The number of nitrogens with zero attached hydrogens (tertiary/aromatic N) is 4. The molecule has 0 aliphatic rings. The molecule has 0 bridgehead atoms. The van der Waals surface area contributed by atoms with Gasteiger partial charge in [-0.3, -0.25) is 0 Å². The molecule has 0 aliphatic heterocycles. The maximum absolute atomic E-state index is 13.6. The topological polar surface area (TPSA) is 94.6 Å². The fourth-order valence-corrected chi connectivity index (χ4v) is 4.07. The van der Waals surface area contributed by atoms with Gasteiger partial charge in [-0.1, -0.05) is 0 Å². The Labute approximate surface area is 190 Å². The first-order chi connectivity index (χ1) is 15.7. The summed E-state index contributed by atoms with van der Waals surface area (Å²) >= 11 is 1.33. The molecule has 164 valence electrons. The lowest BCUT2D eigenvalue weighted by Crippen LogP contribution is -2.10. The van der Waals surface area contributed by atoms with E-state index in [4.69, 9.17) is 15.3 Å². The van der Waals surface area contributed by atoms with Crippen molar-refractivity contribution in [1.82, 2.24) is 9.97 Å². The number of benzene rings is 2. The first kappa shape index (κ1) is 22.1. The molecular weight excluding hydrogens is 451 g/mol. The third-order valence-corrected chi connectivity index (χ3v) is 5.65. The van der Waals surface area contributed by atoms with Crippen LogP contribution in [0, 0.1) is 36.5 Å². The minimum absolute atomic E-state index is 0.0879. The standard InChI is InChI=1S/C23H14F3N5OS/c1-12-7-15(11-28)8-13(2)19(12)32-21-20-18(5-6-33-20)30-22(31-21)29-17-4-3-14(10-27)9-16(17)23(24,25)26/h3-9H,1-2H3,(H,29,30,31). The number of aromatic nitrogens is 2. The predicted octanol–water partition coefficient (Wildman–Crippen LogP) is 6.61. The Morgan fingerprint density at radius 2 is 1.67 bits per heavy atom. The van der Waals surface area contributed by atoms with Gasteiger partial charge in [0.15, 0.2) is 0 Å². The predicted molar refractivity (Wildman–Crippen MR) is 118 cm³/mol. The number of nitrogens with one attached hydrogen (secondary N) is 1. The summed E-state index contributed by atoms with van der Waals surface area (Å²) in [5.41, 5.74) is 1.02. The highest BCUT2D eigenvalue weighted by Gasteiger charge is 2.34. The highest BCUT2D eigenvalue weighted by Crippen LogP contribution is 2.39. The van der Waals surface area contributed by atoms with Crippen LogP contribution in [0.3, 0.4) is 0 Å². The number of hydrogen-bond acceptors (Lipinski definition) is 7. The zero-order chi connectivity index (χ0) is 23.8. The Morgan fingerprint density at radius 1 is 0.970 bits per heavy atom. The fraction of sp³-hybridized carbons (Fsp3) is 0.130. The van der Waals surface area contributed by atoms with Gasteiger partial charge in [0.05, 0.1) is 40.0 Å². The van der Waals surface area contributed by atoms with Gasteiger partial charge in [-0.25, -0.2) is 4.98 Å². The van der Waals surface area contributed by atoms with Crippen LogP contribution in [0.5, 0.6) is 11.6 Å². The van der Waals surface area contributed by atoms with E-state index in [-0.39, 0.29) is 23.1 Å². The normalized spacial score (nSPS) is 11.1. The molecule has 0 spiro atoms. The van der Waals surface area contributed by atoms with Crippen molar-refractivity contribution in [2.75, 3.05) is 5.32 Å². The van der Waals surface area contributed by atoms with Crippen LogP contribution in [-0.4, -0.2) is 9.97 Å². The summed E-state index contributed by atoms with van der Waals surface area (Å²) < 4.78 is 47.3. The summed E-state index contributed by atoms with van der Waals surface area (Å²) in [5.74, 6) is 0.591. The van der Waals surface area contributed by atoms with E-state index in [0.717, 1.165) is 23.3 Å². The van der Waals surface area contributed by atoms with Crippen LogP contribution in [0.2, 0.25) is 0 Å². The van der Waals surface area contributed by atoms with E-state index >= 15 is 0 Å². The molecule has 6 nitrogen and oxygen atoms in total. The van der Waals surface area contributed by atoms with Crippen molar-refractivity contribution in [3.8, 4) is 23.8 Å². The van der Waals surface area contributed by atoms with E-state index in [0.29, 0.717) is 21.5 Å². The van der Waals surface area contributed by atoms with Gasteiger partial charge in [0, 0.05) is 0 Å². The smallest absolute Gasteiger partial charge is 0.418 e. The van der Waals surface area contributed by atoms with Gasteiger partial charge >= 0.3 is 6.18 Å². The number of nitriles is 2. The molecule has 0 saturated carbocycles. The summed E-state index contributed by atoms with van der Waals surface area (Å²) in [4.78, 5) is 8.63. The molecule has 33 heavy (non-hydrogen) atoms. The molecule has 0 radical (unpaired) electrons. The van der Waals surface area contributed by atoms with E-state index in [9.17, 15) is 13.2 Å². The molecule has 2 heterocycles. The second-order valence-electron chi connectivity index (χ2n) is 7.14. The average molecular weight is 465 g/mol. The Balaban J connectivity index is 1.78. The largest absolute Gasteiger partial charge is 0.437 e. The minimum Gasteiger partial charge on any atom is -0.437 e. The molecule has 0 amide bonds. The van der Waals surface area contributed by atoms with Gasteiger partial charge in [0.2, 0.25) is 11.8 Å². The summed E-state index contributed by atoms with van der Waals surface area (Å²) in [6, 6.07) is 12.1. The number of rotatable bonds is 4. The first-order valence-electron chi connectivity index (χ1n) is 9.52. The van der Waals surface area contributed by atoms with Crippen molar-refractivity contribution in [2.24, 2.45) is 0 Å². The molecule has 0 unspecified atom stereocenters. The average Bonchev–Trinajstić information content (AvgIpc) is 3.24. The number of anilines is 2. The number of halogens is 3. The quantitative estimate of drug-likeness (QED) is 0.365. The highest BCUT2D eigenvalue weighted by molar-refractivity contribution is 7.17. The molecule has 10 heteroatoms. The number of ether oxygens (including phenoxy) is 1. The van der Waals surface area contributed by atoms with Gasteiger partial charge in [0.25, 0.3) is 0 Å². The van der Waals surface area contributed by atoms with Crippen molar-refractivity contribution < 1.29 is 17.9 Å². The maximum Gasteiger partial charge on any atom is 0.418 e. The van der Waals surface area contributed by atoms with Gasteiger partial charge < -0.3 is 10.1 Å². The SMILES string of the molecule is Cc1cc(C#N)cc(C)c1Oc1nc(Nc2ccc(C#N)cc2C(F)(F)F)nc2ccsc12. The molecule has 4 aromatic rings. The van der Waals surface area contributed by atoms with Crippen LogP contribution in [0.15, 0.2) is 41.8 Å². The van der Waals surface area contributed by atoms with Crippen LogP contribution >= 0.6 is 11.3 Å². The van der Waals surface area contributed by atoms with Gasteiger partial charge in [0.1, 0.15) is 10.4 Å². The monoisotopic (exact) mass is 465 g/mol. The van der Waals surface area contributed by atoms with Crippen molar-refractivity contribution in [3.63, 3.8) is 0 Å². The lowest BCUT2D eigenvalue weighted by atomic mass is 10.1. The third-order valence-electron chi connectivity index (χ3n) is 4.76. The van der Waals surface area contributed by atoms with Crippen LogP contribution in [0.1, 0.15) is 27.8 Å². The number of thiophene rings is 1. The molecule has 1 N–H and O–H groups in total. The summed E-state index contributed by atoms with van der Waals surface area (Å²) in [6.45, 7) is 3.59. The fourth-order valence-electron chi connectivity index (χ4n) is 3.31. The number of fused-ring (bicyclic) bond motifs is 1. The van der Waals surface area contributed by atoms with Crippen LogP contribution in [-0.2, 0) is 6.18 Å². The summed E-state index contributed by atoms with van der Waals surface area (Å²) in [5, 5.41) is 22.5. The van der Waals surface area contributed by atoms with Gasteiger partial charge in [-0.2, -0.15) is 28.7 Å². The van der Waals surface area contributed by atoms with Crippen molar-refractivity contribution in [3.05, 3.63) is 69.6 Å². The summed E-state index contributed by atoms with van der Waals surface area (Å²) in [7, 11) is 0. The number of hydrogen-bond donors (Lipinski definition) is 1. The van der Waals surface area contributed by atoms with Crippen LogP contribution in [0.25, 0.3) is 10.2 Å². The van der Waals surface area contributed by atoms with Crippen molar-refractivity contribution in [2.45, 2.75) is 20.0 Å². The second-order valence-corrected chi connectivity index (χ2v) is 8.05. The number of alkyl halides is 3.